The number of nitrogens with one attached hydrogen (secondary N) is 1. The molecule has 0 radical (unpaired) electrons. The Balaban J connectivity index is 0.00000220. The highest BCUT2D eigenvalue weighted by atomic mass is 35.5. The van der Waals surface area contributed by atoms with E-state index in [9.17, 15) is 0 Å². The van der Waals surface area contributed by atoms with Gasteiger partial charge in [0.2, 0.25) is 0 Å². The van der Waals surface area contributed by atoms with Gasteiger partial charge in [-0.15, -0.1) is 12.4 Å². The van der Waals surface area contributed by atoms with Crippen molar-refractivity contribution in [2.45, 2.75) is 6.92 Å². The van der Waals surface area contributed by atoms with E-state index in [1.165, 1.54) is 0 Å². The third-order valence-electron chi connectivity index (χ3n) is 2.67. The van der Waals surface area contributed by atoms with E-state index in [1.807, 2.05) is 85.9 Å². The fraction of sp³-hybridized carbons (Fsp3) is 0.0556. The summed E-state index contributed by atoms with van der Waals surface area (Å²) in [7, 11) is 0. The molecular weight excluding hydrogens is 280 g/mol. The number of anilines is 1. The molecule has 2 aromatic carbocycles. The lowest BCUT2D eigenvalue weighted by atomic mass is 10.3. The molecule has 0 unspecified atom stereocenters. The number of benzene rings is 2. The summed E-state index contributed by atoms with van der Waals surface area (Å²) in [5.41, 5.74) is 3.17. The molecule has 0 fully saturated rings. The van der Waals surface area contributed by atoms with Crippen LogP contribution in [0, 0.1) is 0 Å². The van der Waals surface area contributed by atoms with Gasteiger partial charge in [-0.2, -0.15) is 0 Å². The molecule has 2 nitrogen and oxygen atoms in total. The molecule has 0 spiro atoms. The third kappa shape index (κ3) is 6.59. The molecule has 0 aliphatic heterocycles. The van der Waals surface area contributed by atoms with Gasteiger partial charge in [0.25, 0.3) is 0 Å². The van der Waals surface area contributed by atoms with Gasteiger partial charge >= 0.3 is 0 Å². The molecule has 0 aliphatic rings. The van der Waals surface area contributed by atoms with Gasteiger partial charge in [0.05, 0.1) is 5.69 Å². The smallest absolute Gasteiger partial charge is 0.0629 e. The number of hydrogen-bond acceptors (Lipinski definition) is 2. The van der Waals surface area contributed by atoms with Gasteiger partial charge in [0.1, 0.15) is 0 Å². The molecule has 3 heteroatoms. The highest BCUT2D eigenvalue weighted by Crippen LogP contribution is 2.08. The molecule has 2 aromatic rings. The van der Waals surface area contributed by atoms with Crippen LogP contribution in [0.2, 0.25) is 0 Å². The van der Waals surface area contributed by atoms with Crippen LogP contribution in [-0.2, 0) is 0 Å². The summed E-state index contributed by atoms with van der Waals surface area (Å²) in [5, 5.41) is 3.25. The largest absolute Gasteiger partial charge is 0.361 e. The second kappa shape index (κ2) is 9.56. The van der Waals surface area contributed by atoms with Crippen molar-refractivity contribution in [3.63, 3.8) is 0 Å². The SMILES string of the molecule is CC(C=CC=Nc1ccccc1)=CNc1ccccc1.Cl. The van der Waals surface area contributed by atoms with Crippen LogP contribution in [0.25, 0.3) is 0 Å². The molecule has 0 aromatic heterocycles. The average Bonchev–Trinajstić information content (AvgIpc) is 2.52. The maximum atomic E-state index is 4.34. The van der Waals surface area contributed by atoms with Gasteiger partial charge < -0.3 is 5.32 Å². The highest BCUT2D eigenvalue weighted by Gasteiger charge is 1.85. The number of nitrogens with zero attached hydrogens (tertiary/aromatic N) is 1. The monoisotopic (exact) mass is 298 g/mol. The van der Waals surface area contributed by atoms with Crippen molar-refractivity contribution in [2.24, 2.45) is 4.99 Å². The average molecular weight is 299 g/mol. The van der Waals surface area contributed by atoms with Crippen LogP contribution in [0.15, 0.2) is 89.6 Å². The zero-order valence-electron chi connectivity index (χ0n) is 11.9. The first kappa shape index (κ1) is 16.7. The summed E-state index contributed by atoms with van der Waals surface area (Å²) in [6.07, 6.45) is 7.73. The topological polar surface area (TPSA) is 24.4 Å². The maximum Gasteiger partial charge on any atom is 0.0629 e. The maximum absolute atomic E-state index is 4.34. The molecule has 0 heterocycles. The lowest BCUT2D eigenvalue weighted by molar-refractivity contribution is 1.46. The van der Waals surface area contributed by atoms with E-state index in [1.54, 1.807) is 6.21 Å². The molecule has 0 aliphatic carbocycles. The Morgan fingerprint density at radius 3 is 2.24 bits per heavy atom. The summed E-state index contributed by atoms with van der Waals surface area (Å²) in [6.45, 7) is 2.04. The van der Waals surface area contributed by atoms with Gasteiger partial charge in [-0.25, -0.2) is 0 Å². The second-order valence-electron chi connectivity index (χ2n) is 4.37. The first-order valence-electron chi connectivity index (χ1n) is 6.59. The number of aliphatic imine (C=N–C) groups is 1. The number of allylic oxidation sites excluding steroid dienone is 3. The summed E-state index contributed by atoms with van der Waals surface area (Å²) in [4.78, 5) is 4.34. The summed E-state index contributed by atoms with van der Waals surface area (Å²) < 4.78 is 0. The lowest BCUT2D eigenvalue weighted by Crippen LogP contribution is -1.87. The van der Waals surface area contributed by atoms with Crippen LogP contribution in [0.5, 0.6) is 0 Å². The number of halogens is 1. The van der Waals surface area contributed by atoms with Crippen molar-refractivity contribution in [3.05, 3.63) is 84.6 Å². The third-order valence-corrected chi connectivity index (χ3v) is 2.67. The summed E-state index contributed by atoms with van der Waals surface area (Å²) >= 11 is 0. The van der Waals surface area contributed by atoms with E-state index in [0.717, 1.165) is 16.9 Å². The Morgan fingerprint density at radius 1 is 0.952 bits per heavy atom. The molecular formula is C18H19ClN2. The minimum atomic E-state index is 0. The molecule has 0 amide bonds. The number of hydrogen-bond donors (Lipinski definition) is 1. The quantitative estimate of drug-likeness (QED) is 0.581. The van der Waals surface area contributed by atoms with E-state index in [2.05, 4.69) is 10.3 Å². The highest BCUT2D eigenvalue weighted by molar-refractivity contribution is 5.85. The van der Waals surface area contributed by atoms with Crippen LogP contribution in [-0.4, -0.2) is 6.21 Å². The standard InChI is InChI=1S/C18H18N2.ClH/c1-16(15-20-18-12-6-3-7-13-18)9-8-14-19-17-10-4-2-5-11-17;/h2-15,20H,1H3;1H. The molecule has 1 N–H and O–H groups in total. The van der Waals surface area contributed by atoms with Crippen LogP contribution in [0.4, 0.5) is 11.4 Å². The van der Waals surface area contributed by atoms with Gasteiger partial charge in [-0.05, 0) is 42.8 Å². The Bertz CT molecular complexity index is 602. The van der Waals surface area contributed by atoms with Crippen LogP contribution in [0.3, 0.4) is 0 Å². The van der Waals surface area contributed by atoms with E-state index in [0.29, 0.717) is 0 Å². The molecule has 21 heavy (non-hydrogen) atoms. The van der Waals surface area contributed by atoms with Crippen LogP contribution < -0.4 is 5.32 Å². The predicted octanol–water partition coefficient (Wildman–Crippen LogP) is 5.38. The fourth-order valence-corrected chi connectivity index (χ4v) is 1.62. The van der Waals surface area contributed by atoms with E-state index in [-0.39, 0.29) is 12.4 Å². The normalized spacial score (nSPS) is 11.6. The zero-order chi connectivity index (χ0) is 14.0. The molecule has 0 atom stereocenters. The zero-order valence-corrected chi connectivity index (χ0v) is 12.8. The Hall–Kier alpha value is -2.32. The summed E-state index contributed by atoms with van der Waals surface area (Å²) in [5.74, 6) is 0. The number of para-hydroxylation sites is 2. The van der Waals surface area contributed by atoms with Crippen molar-refractivity contribution in [3.8, 4) is 0 Å². The van der Waals surface area contributed by atoms with Gasteiger partial charge in [-0.1, -0.05) is 42.5 Å². The molecule has 0 saturated carbocycles. The first-order chi connectivity index (χ1) is 9.84. The van der Waals surface area contributed by atoms with Gasteiger partial charge in [0.15, 0.2) is 0 Å². The minimum Gasteiger partial charge on any atom is -0.361 e. The number of rotatable bonds is 5. The van der Waals surface area contributed by atoms with Crippen molar-refractivity contribution in [1.29, 1.82) is 0 Å². The summed E-state index contributed by atoms with van der Waals surface area (Å²) in [6, 6.07) is 20.0. The molecule has 2 rings (SSSR count). The fourth-order valence-electron chi connectivity index (χ4n) is 1.62. The van der Waals surface area contributed by atoms with E-state index in [4.69, 9.17) is 0 Å². The first-order valence-corrected chi connectivity index (χ1v) is 6.59. The van der Waals surface area contributed by atoms with Gasteiger partial charge in [0, 0.05) is 18.1 Å². The van der Waals surface area contributed by atoms with Crippen LogP contribution >= 0.6 is 12.4 Å². The molecule has 108 valence electrons. The van der Waals surface area contributed by atoms with Crippen LogP contribution in [0.1, 0.15) is 6.92 Å². The van der Waals surface area contributed by atoms with E-state index < -0.39 is 0 Å². The second-order valence-corrected chi connectivity index (χ2v) is 4.37. The predicted molar refractivity (Wildman–Crippen MR) is 94.8 cm³/mol. The lowest BCUT2D eigenvalue weighted by Gasteiger charge is -2.00. The molecule has 0 saturated heterocycles. The Labute approximate surface area is 132 Å². The van der Waals surface area contributed by atoms with Crippen molar-refractivity contribution < 1.29 is 0 Å². The van der Waals surface area contributed by atoms with Gasteiger partial charge in [-0.3, -0.25) is 4.99 Å². The minimum absolute atomic E-state index is 0. The van der Waals surface area contributed by atoms with Crippen molar-refractivity contribution in [2.75, 3.05) is 5.32 Å². The Morgan fingerprint density at radius 2 is 1.57 bits per heavy atom. The molecule has 0 bridgehead atoms. The van der Waals surface area contributed by atoms with Crippen molar-refractivity contribution in [1.82, 2.24) is 0 Å². The Kier molecular flexibility index (Phi) is 7.62. The van der Waals surface area contributed by atoms with E-state index >= 15 is 0 Å². The van der Waals surface area contributed by atoms with Crippen molar-refractivity contribution >= 4 is 30.0 Å².